The molecule has 1 fully saturated rings. The van der Waals surface area contributed by atoms with Crippen molar-refractivity contribution in [3.63, 3.8) is 0 Å². The van der Waals surface area contributed by atoms with Crippen molar-refractivity contribution in [2.75, 3.05) is 11.9 Å². The Balaban J connectivity index is 1.77. The molecule has 1 aliphatic rings. The molecule has 0 bridgehead atoms. The van der Waals surface area contributed by atoms with E-state index in [1.807, 2.05) is 12.1 Å². The van der Waals surface area contributed by atoms with E-state index >= 15 is 0 Å². The van der Waals surface area contributed by atoms with E-state index in [2.05, 4.69) is 42.5 Å². The smallest absolute Gasteiger partial charge is 0.324 e. The average molecular weight is 481 g/mol. The summed E-state index contributed by atoms with van der Waals surface area (Å²) >= 11 is 6.73. The molecule has 6 nitrogen and oxygen atoms in total. The van der Waals surface area contributed by atoms with Gasteiger partial charge in [-0.2, -0.15) is 0 Å². The fourth-order valence-electron chi connectivity index (χ4n) is 2.80. The Morgan fingerprint density at radius 3 is 2.58 bits per heavy atom. The number of rotatable bonds is 4. The summed E-state index contributed by atoms with van der Waals surface area (Å²) < 4.78 is 1.52. The summed E-state index contributed by atoms with van der Waals surface area (Å²) in [7, 11) is 0. The third-order valence-electron chi connectivity index (χ3n) is 4.10. The van der Waals surface area contributed by atoms with Crippen molar-refractivity contribution in [1.29, 1.82) is 0 Å². The number of carbonyl (C=O) groups is 3. The van der Waals surface area contributed by atoms with Gasteiger partial charge in [0.25, 0.3) is 5.91 Å². The molecular weight excluding hydrogens is 466 g/mol. The largest absolute Gasteiger partial charge is 0.325 e. The lowest BCUT2D eigenvalue weighted by molar-refractivity contribution is -0.133. The van der Waals surface area contributed by atoms with Gasteiger partial charge in [0, 0.05) is 20.2 Å². The van der Waals surface area contributed by atoms with Gasteiger partial charge >= 0.3 is 6.03 Å². The molecule has 0 aromatic heterocycles. The number of amides is 4. The lowest BCUT2D eigenvalue weighted by Crippen LogP contribution is -2.42. The summed E-state index contributed by atoms with van der Waals surface area (Å²) in [6.45, 7) is 1.26. The van der Waals surface area contributed by atoms with E-state index in [9.17, 15) is 14.4 Å². The van der Waals surface area contributed by atoms with Crippen LogP contribution in [0.15, 0.2) is 57.5 Å². The molecule has 1 saturated heterocycles. The number of carbonyl (C=O) groups excluding carboxylic acids is 3. The van der Waals surface area contributed by atoms with E-state index in [0.29, 0.717) is 15.7 Å². The first kappa shape index (κ1) is 18.6. The molecule has 26 heavy (non-hydrogen) atoms. The molecule has 2 aromatic rings. The molecule has 8 heteroatoms. The molecular formula is C18H15Br2N3O3. The monoisotopic (exact) mass is 479 g/mol. The van der Waals surface area contributed by atoms with E-state index in [0.717, 1.165) is 9.37 Å². The summed E-state index contributed by atoms with van der Waals surface area (Å²) in [6, 6.07) is 13.6. The first-order chi connectivity index (χ1) is 12.3. The standard InChI is InChI=1S/C18H15Br2N3O3/c1-18(13-7-2-3-8-14(13)20)16(25)23(17(26)22-18)10-15(24)21-12-6-4-5-11(19)9-12/h2-9H,10H2,1H3,(H,21,24)(H,22,26)/t18-/m0/s1. The second kappa shape index (κ2) is 7.20. The van der Waals surface area contributed by atoms with E-state index in [1.54, 1.807) is 43.3 Å². The Kier molecular flexibility index (Phi) is 5.15. The topological polar surface area (TPSA) is 78.5 Å². The van der Waals surface area contributed by atoms with Crippen LogP contribution in [0.25, 0.3) is 0 Å². The molecule has 3 rings (SSSR count). The Labute approximate surface area is 167 Å². The predicted molar refractivity (Wildman–Crippen MR) is 105 cm³/mol. The zero-order valence-electron chi connectivity index (χ0n) is 13.8. The van der Waals surface area contributed by atoms with Crippen LogP contribution in [0, 0.1) is 0 Å². The van der Waals surface area contributed by atoms with E-state index in [1.165, 1.54) is 0 Å². The van der Waals surface area contributed by atoms with Crippen molar-refractivity contribution in [1.82, 2.24) is 10.2 Å². The number of benzene rings is 2. The van der Waals surface area contributed by atoms with Crippen LogP contribution in [0.3, 0.4) is 0 Å². The molecule has 0 spiro atoms. The highest BCUT2D eigenvalue weighted by Crippen LogP contribution is 2.33. The number of urea groups is 1. The summed E-state index contributed by atoms with van der Waals surface area (Å²) in [4.78, 5) is 38.4. The first-order valence-electron chi connectivity index (χ1n) is 7.76. The summed E-state index contributed by atoms with van der Waals surface area (Å²) in [5.41, 5.74) is -0.0222. The van der Waals surface area contributed by atoms with Gasteiger partial charge in [-0.15, -0.1) is 0 Å². The maximum absolute atomic E-state index is 12.9. The normalized spacial score (nSPS) is 19.4. The SMILES string of the molecule is C[C@@]1(c2ccccc2Br)NC(=O)N(CC(=O)Nc2cccc(Br)c2)C1=O. The van der Waals surface area contributed by atoms with Crippen molar-refractivity contribution in [3.05, 3.63) is 63.0 Å². The molecule has 0 radical (unpaired) electrons. The van der Waals surface area contributed by atoms with E-state index < -0.39 is 23.4 Å². The molecule has 2 N–H and O–H groups in total. The predicted octanol–water partition coefficient (Wildman–Crippen LogP) is 3.62. The number of imide groups is 1. The summed E-state index contributed by atoms with van der Waals surface area (Å²) in [6.07, 6.45) is 0. The number of anilines is 1. The molecule has 1 heterocycles. The average Bonchev–Trinajstić information content (AvgIpc) is 2.79. The van der Waals surface area contributed by atoms with Crippen LogP contribution in [0.5, 0.6) is 0 Å². The van der Waals surface area contributed by atoms with Crippen molar-refractivity contribution in [3.8, 4) is 0 Å². The highest BCUT2D eigenvalue weighted by Gasteiger charge is 2.50. The van der Waals surface area contributed by atoms with Gasteiger partial charge in [0.1, 0.15) is 12.1 Å². The second-order valence-electron chi connectivity index (χ2n) is 5.98. The van der Waals surface area contributed by atoms with Gasteiger partial charge in [0.15, 0.2) is 0 Å². The minimum atomic E-state index is -1.23. The Morgan fingerprint density at radius 2 is 1.88 bits per heavy atom. The molecule has 0 aliphatic carbocycles. The number of hydrogen-bond donors (Lipinski definition) is 2. The number of nitrogens with zero attached hydrogens (tertiary/aromatic N) is 1. The molecule has 4 amide bonds. The third kappa shape index (κ3) is 3.52. The Morgan fingerprint density at radius 1 is 1.15 bits per heavy atom. The quantitative estimate of drug-likeness (QED) is 0.656. The minimum Gasteiger partial charge on any atom is -0.324 e. The lowest BCUT2D eigenvalue weighted by atomic mass is 9.92. The Bertz CT molecular complexity index is 903. The first-order valence-corrected chi connectivity index (χ1v) is 9.34. The fourth-order valence-corrected chi connectivity index (χ4v) is 3.88. The highest BCUT2D eigenvalue weighted by atomic mass is 79.9. The van der Waals surface area contributed by atoms with Gasteiger partial charge in [-0.1, -0.05) is 56.1 Å². The van der Waals surface area contributed by atoms with E-state index in [4.69, 9.17) is 0 Å². The summed E-state index contributed by atoms with van der Waals surface area (Å²) in [5.74, 6) is -0.929. The Hall–Kier alpha value is -2.19. The maximum atomic E-state index is 12.9. The number of nitrogens with one attached hydrogen (secondary N) is 2. The zero-order chi connectivity index (χ0) is 18.9. The molecule has 1 atom stereocenters. The van der Waals surface area contributed by atoms with Crippen LogP contribution in [-0.2, 0) is 15.1 Å². The van der Waals surface area contributed by atoms with Gasteiger partial charge in [-0.3, -0.25) is 14.5 Å². The van der Waals surface area contributed by atoms with Crippen molar-refractivity contribution >= 4 is 55.4 Å². The van der Waals surface area contributed by atoms with Crippen LogP contribution < -0.4 is 10.6 Å². The van der Waals surface area contributed by atoms with E-state index in [-0.39, 0.29) is 6.54 Å². The van der Waals surface area contributed by atoms with Crippen LogP contribution in [-0.4, -0.2) is 29.3 Å². The van der Waals surface area contributed by atoms with Crippen LogP contribution in [0.4, 0.5) is 10.5 Å². The number of halogens is 2. The zero-order valence-corrected chi connectivity index (χ0v) is 16.9. The summed E-state index contributed by atoms with van der Waals surface area (Å²) in [5, 5.41) is 5.36. The minimum absolute atomic E-state index is 0.364. The molecule has 0 saturated carbocycles. The van der Waals surface area contributed by atoms with Gasteiger partial charge < -0.3 is 10.6 Å². The fraction of sp³-hybridized carbons (Fsp3) is 0.167. The van der Waals surface area contributed by atoms with Crippen molar-refractivity contribution in [2.45, 2.75) is 12.5 Å². The van der Waals surface area contributed by atoms with Gasteiger partial charge in [0.2, 0.25) is 5.91 Å². The molecule has 0 unspecified atom stereocenters. The van der Waals surface area contributed by atoms with Gasteiger partial charge in [0.05, 0.1) is 0 Å². The van der Waals surface area contributed by atoms with Crippen LogP contribution in [0.1, 0.15) is 12.5 Å². The van der Waals surface area contributed by atoms with Crippen molar-refractivity contribution in [2.24, 2.45) is 0 Å². The molecule has 134 valence electrons. The lowest BCUT2D eigenvalue weighted by Gasteiger charge is -2.23. The maximum Gasteiger partial charge on any atom is 0.325 e. The van der Waals surface area contributed by atoms with Crippen LogP contribution in [0.2, 0.25) is 0 Å². The van der Waals surface area contributed by atoms with Crippen LogP contribution >= 0.6 is 31.9 Å². The molecule has 1 aliphatic heterocycles. The van der Waals surface area contributed by atoms with Crippen molar-refractivity contribution < 1.29 is 14.4 Å². The van der Waals surface area contributed by atoms with Gasteiger partial charge in [-0.25, -0.2) is 4.79 Å². The highest BCUT2D eigenvalue weighted by molar-refractivity contribution is 9.10. The second-order valence-corrected chi connectivity index (χ2v) is 7.75. The van der Waals surface area contributed by atoms with Gasteiger partial charge in [-0.05, 0) is 31.2 Å². The third-order valence-corrected chi connectivity index (χ3v) is 5.28. The number of hydrogen-bond acceptors (Lipinski definition) is 3. The molecule has 2 aromatic carbocycles.